The first-order valence-corrected chi connectivity index (χ1v) is 18.7. The van der Waals surface area contributed by atoms with Crippen molar-refractivity contribution in [2.24, 2.45) is 10.4 Å². The SMILES string of the molecule is Cc1ccc(S(=O)(=O)n2cc3c4c2C(=O)C2=C(C4=NCC3)C3(C=CC(=O)C=C3)C[C@@H](CO[Si](C)(C)C(C)(C)C)N2)cc1. The lowest BCUT2D eigenvalue weighted by atomic mass is 9.65. The summed E-state index contributed by atoms with van der Waals surface area (Å²) in [5.41, 5.74) is 3.31. The van der Waals surface area contributed by atoms with Gasteiger partial charge in [-0.05, 0) is 67.7 Å². The third-order valence-electron chi connectivity index (χ3n) is 9.39. The van der Waals surface area contributed by atoms with Gasteiger partial charge in [-0.25, -0.2) is 12.4 Å². The van der Waals surface area contributed by atoms with E-state index in [1.54, 1.807) is 42.6 Å². The number of nitrogens with zero attached hydrogens (tertiary/aromatic N) is 2. The maximum atomic E-state index is 14.5. The molecule has 6 rings (SSSR count). The summed E-state index contributed by atoms with van der Waals surface area (Å²) in [5, 5.41) is 3.47. The quantitative estimate of drug-likeness (QED) is 0.488. The fraction of sp³-hybridized carbons (Fsp3) is 0.406. The number of ketones is 2. The van der Waals surface area contributed by atoms with Crippen LogP contribution < -0.4 is 5.32 Å². The van der Waals surface area contributed by atoms with Crippen LogP contribution in [0.25, 0.3) is 0 Å². The van der Waals surface area contributed by atoms with E-state index in [4.69, 9.17) is 9.42 Å². The largest absolute Gasteiger partial charge is 0.415 e. The molecule has 1 N–H and O–H groups in total. The van der Waals surface area contributed by atoms with E-state index in [9.17, 15) is 18.0 Å². The Bertz CT molecular complexity index is 1740. The number of Topliss-reactive ketones (excluding diaryl/α,β-unsaturated/α-hetero) is 1. The third-order valence-corrected chi connectivity index (χ3v) is 15.6. The number of carbonyl (C=O) groups excluding carboxylic acids is 2. The number of hydrogen-bond acceptors (Lipinski definition) is 7. The van der Waals surface area contributed by atoms with Crippen LogP contribution in [0, 0.1) is 12.3 Å². The molecule has 1 atom stereocenters. The second-order valence-electron chi connectivity index (χ2n) is 13.3. The number of benzene rings is 1. The summed E-state index contributed by atoms with van der Waals surface area (Å²) >= 11 is 0. The smallest absolute Gasteiger partial charge is 0.268 e. The average Bonchev–Trinajstić information content (AvgIpc) is 3.33. The molecule has 0 bridgehead atoms. The van der Waals surface area contributed by atoms with Gasteiger partial charge in [-0.3, -0.25) is 14.6 Å². The predicted molar refractivity (Wildman–Crippen MR) is 165 cm³/mol. The van der Waals surface area contributed by atoms with E-state index in [0.29, 0.717) is 48.5 Å². The Hall–Kier alpha value is -3.34. The van der Waals surface area contributed by atoms with Gasteiger partial charge in [0.15, 0.2) is 14.1 Å². The Morgan fingerprint density at radius 1 is 1.12 bits per heavy atom. The lowest BCUT2D eigenvalue weighted by molar-refractivity contribution is -0.110. The maximum Gasteiger partial charge on any atom is 0.268 e. The third kappa shape index (κ3) is 4.42. The molecule has 3 heterocycles. The van der Waals surface area contributed by atoms with Crippen LogP contribution in [0.4, 0.5) is 0 Å². The van der Waals surface area contributed by atoms with Gasteiger partial charge in [-0.1, -0.05) is 50.6 Å². The van der Waals surface area contributed by atoms with Crippen LogP contribution in [0.1, 0.15) is 54.4 Å². The Morgan fingerprint density at radius 2 is 1.79 bits per heavy atom. The number of allylic oxidation sites excluding steroid dienone is 6. The van der Waals surface area contributed by atoms with E-state index in [1.165, 1.54) is 0 Å². The fourth-order valence-corrected chi connectivity index (χ4v) is 8.43. The average molecular weight is 604 g/mol. The molecule has 2 aliphatic carbocycles. The van der Waals surface area contributed by atoms with Gasteiger partial charge >= 0.3 is 0 Å². The molecular formula is C32H37N3O5SSi. The Balaban J connectivity index is 1.49. The van der Waals surface area contributed by atoms with Crippen molar-refractivity contribution in [1.82, 2.24) is 9.29 Å². The summed E-state index contributed by atoms with van der Waals surface area (Å²) in [6.07, 6.45) is 9.55. The molecule has 1 aromatic carbocycles. The standard InChI is InChI=1S/C32H37N3O5SSi/c1-20-7-9-24(10-8-20)41(38,39)35-18-21-13-16-33-27-25(21)29(35)30(37)28-26(27)32(14-11-23(36)12-15-32)17-22(34-28)19-40-42(5,6)31(2,3)4/h7-12,14-15,18,22,34H,13,16-17,19H2,1-6H3/t22-/m0/s1. The van der Waals surface area contributed by atoms with Gasteiger partial charge in [-0.2, -0.15) is 0 Å². The van der Waals surface area contributed by atoms with Crippen LogP contribution in [-0.2, 0) is 25.7 Å². The lowest BCUT2D eigenvalue weighted by Crippen LogP contribution is -2.52. The van der Waals surface area contributed by atoms with Gasteiger partial charge in [0.05, 0.1) is 22.9 Å². The zero-order valence-corrected chi connectivity index (χ0v) is 26.8. The van der Waals surface area contributed by atoms with Gasteiger partial charge < -0.3 is 9.74 Å². The molecule has 4 aliphatic rings. The zero-order chi connectivity index (χ0) is 30.2. The number of aryl methyl sites for hydroxylation is 1. The molecule has 1 aromatic heterocycles. The number of carbonyl (C=O) groups is 2. The Morgan fingerprint density at radius 3 is 2.43 bits per heavy atom. The highest BCUT2D eigenvalue weighted by Crippen LogP contribution is 2.49. The van der Waals surface area contributed by atoms with Crippen LogP contribution in [0.2, 0.25) is 18.1 Å². The lowest BCUT2D eigenvalue weighted by Gasteiger charge is -2.45. The first-order valence-electron chi connectivity index (χ1n) is 14.4. The highest BCUT2D eigenvalue weighted by molar-refractivity contribution is 7.90. The van der Waals surface area contributed by atoms with Crippen LogP contribution >= 0.6 is 0 Å². The molecule has 0 saturated heterocycles. The summed E-state index contributed by atoms with van der Waals surface area (Å²) in [6, 6.07) is 6.39. The van der Waals surface area contributed by atoms with E-state index in [2.05, 4.69) is 39.2 Å². The first-order chi connectivity index (χ1) is 19.6. The van der Waals surface area contributed by atoms with E-state index < -0.39 is 29.5 Å². The zero-order valence-electron chi connectivity index (χ0n) is 24.9. The van der Waals surface area contributed by atoms with Gasteiger partial charge in [0.1, 0.15) is 5.69 Å². The van der Waals surface area contributed by atoms with Crippen molar-refractivity contribution in [3.63, 3.8) is 0 Å². The Kier molecular flexibility index (Phi) is 6.56. The molecule has 2 aromatic rings. The summed E-state index contributed by atoms with van der Waals surface area (Å²) in [6.45, 7) is 13.7. The van der Waals surface area contributed by atoms with Crippen molar-refractivity contribution in [2.45, 2.75) is 69.6 Å². The Labute approximate surface area is 248 Å². The molecular weight excluding hydrogens is 567 g/mol. The van der Waals surface area contributed by atoms with Gasteiger partial charge in [0.2, 0.25) is 5.78 Å². The monoisotopic (exact) mass is 603 g/mol. The number of aromatic nitrogens is 1. The highest BCUT2D eigenvalue weighted by atomic mass is 32.2. The molecule has 0 saturated carbocycles. The number of fused-ring (bicyclic) bond motifs is 2. The molecule has 1 spiro atoms. The molecule has 0 radical (unpaired) electrons. The van der Waals surface area contributed by atoms with E-state index >= 15 is 0 Å². The second kappa shape index (κ2) is 9.59. The molecule has 0 fully saturated rings. The van der Waals surface area contributed by atoms with Gasteiger partial charge in [0, 0.05) is 35.3 Å². The van der Waals surface area contributed by atoms with Crippen LogP contribution in [0.15, 0.2) is 75.9 Å². The predicted octanol–water partition coefficient (Wildman–Crippen LogP) is 4.89. The van der Waals surface area contributed by atoms with E-state index in [-0.39, 0.29) is 27.5 Å². The first kappa shape index (κ1) is 28.8. The normalized spacial score (nSPS) is 21.3. The summed E-state index contributed by atoms with van der Waals surface area (Å²) < 4.78 is 35.6. The molecule has 220 valence electrons. The minimum atomic E-state index is -4.05. The van der Waals surface area contributed by atoms with Crippen LogP contribution in [-0.4, -0.2) is 57.2 Å². The molecule has 0 amide bonds. The molecule has 2 aliphatic heterocycles. The van der Waals surface area contributed by atoms with E-state index in [1.807, 2.05) is 19.1 Å². The minimum Gasteiger partial charge on any atom is -0.415 e. The second-order valence-corrected chi connectivity index (χ2v) is 19.9. The van der Waals surface area contributed by atoms with Crippen LogP contribution in [0.5, 0.6) is 0 Å². The topological polar surface area (TPSA) is 107 Å². The van der Waals surface area contributed by atoms with Gasteiger partial charge in [-0.15, -0.1) is 0 Å². The molecule has 42 heavy (non-hydrogen) atoms. The maximum absolute atomic E-state index is 14.5. The van der Waals surface area contributed by atoms with Crippen LogP contribution in [0.3, 0.4) is 0 Å². The number of rotatable bonds is 5. The number of hydrogen-bond donors (Lipinski definition) is 1. The van der Waals surface area contributed by atoms with Crippen molar-refractivity contribution in [2.75, 3.05) is 13.2 Å². The summed E-state index contributed by atoms with van der Waals surface area (Å²) in [5.74, 6) is -0.502. The number of nitrogens with one attached hydrogen (secondary N) is 1. The molecule has 0 unspecified atom stereocenters. The molecule has 10 heteroatoms. The molecule has 8 nitrogen and oxygen atoms in total. The van der Waals surface area contributed by atoms with Crippen molar-refractivity contribution >= 4 is 35.6 Å². The van der Waals surface area contributed by atoms with Crippen molar-refractivity contribution in [1.29, 1.82) is 0 Å². The highest BCUT2D eigenvalue weighted by Gasteiger charge is 2.50. The number of aliphatic imine (C=N–C) groups is 1. The summed E-state index contributed by atoms with van der Waals surface area (Å²) in [7, 11) is -6.16. The van der Waals surface area contributed by atoms with Crippen molar-refractivity contribution < 1.29 is 22.4 Å². The fourth-order valence-electron chi connectivity index (χ4n) is 5.99. The summed E-state index contributed by atoms with van der Waals surface area (Å²) in [4.78, 5) is 31.8. The van der Waals surface area contributed by atoms with E-state index in [0.717, 1.165) is 15.1 Å². The minimum absolute atomic E-state index is 0.00873. The van der Waals surface area contributed by atoms with Gasteiger partial charge in [0.25, 0.3) is 10.0 Å². The van der Waals surface area contributed by atoms with Crippen molar-refractivity contribution in [3.8, 4) is 0 Å². The van der Waals surface area contributed by atoms with Crippen molar-refractivity contribution in [3.05, 3.63) is 88.4 Å².